The Morgan fingerprint density at radius 3 is 2.73 bits per heavy atom. The van der Waals surface area contributed by atoms with Crippen LogP contribution < -0.4 is 5.56 Å². The number of ether oxygens (including phenoxy) is 1. The highest BCUT2D eigenvalue weighted by molar-refractivity contribution is 5.80. The molecule has 0 aliphatic carbocycles. The normalized spacial score (nSPS) is 10.7. The Morgan fingerprint density at radius 1 is 1.17 bits per heavy atom. The first-order chi connectivity index (χ1) is 14.5. The summed E-state index contributed by atoms with van der Waals surface area (Å²) in [7, 11) is 0. The number of esters is 1. The van der Waals surface area contributed by atoms with Crippen molar-refractivity contribution in [2.24, 2.45) is 0 Å². The lowest BCUT2D eigenvalue weighted by Gasteiger charge is -2.21. The molecular formula is C21H21FN4O4. The van der Waals surface area contributed by atoms with Gasteiger partial charge in [0.05, 0.1) is 18.4 Å². The number of hydrogen-bond donors (Lipinski definition) is 0. The topological polar surface area (TPSA) is 94.4 Å². The number of hydrogen-bond acceptors (Lipinski definition) is 6. The Balaban J connectivity index is 1.52. The number of aromatic nitrogens is 3. The van der Waals surface area contributed by atoms with E-state index in [1.807, 2.05) is 0 Å². The van der Waals surface area contributed by atoms with E-state index >= 15 is 0 Å². The number of likely N-dealkylation sites (N-methyl/N-ethyl adjacent to an activating group) is 1. The first kappa shape index (κ1) is 21.1. The van der Waals surface area contributed by atoms with Crippen LogP contribution >= 0.6 is 0 Å². The molecule has 0 radical (unpaired) electrons. The third-order valence-electron chi connectivity index (χ3n) is 4.51. The van der Waals surface area contributed by atoms with Gasteiger partial charge in [-0.15, -0.1) is 5.10 Å². The Hall–Kier alpha value is -3.62. The van der Waals surface area contributed by atoms with E-state index < -0.39 is 18.5 Å². The van der Waals surface area contributed by atoms with Crippen molar-refractivity contribution >= 4 is 22.8 Å². The molecule has 0 saturated heterocycles. The van der Waals surface area contributed by atoms with Crippen LogP contribution in [0.1, 0.15) is 18.9 Å². The zero-order valence-corrected chi connectivity index (χ0v) is 16.5. The fraction of sp³-hybridized carbons (Fsp3) is 0.286. The van der Waals surface area contributed by atoms with Gasteiger partial charge in [0.15, 0.2) is 6.61 Å². The quantitative estimate of drug-likeness (QED) is 0.525. The summed E-state index contributed by atoms with van der Waals surface area (Å²) in [5, 5.41) is 8.17. The molecule has 1 aromatic heterocycles. The molecule has 0 atom stereocenters. The van der Waals surface area contributed by atoms with E-state index in [9.17, 15) is 18.8 Å². The predicted molar refractivity (Wildman–Crippen MR) is 107 cm³/mol. The van der Waals surface area contributed by atoms with E-state index in [0.29, 0.717) is 23.0 Å². The summed E-state index contributed by atoms with van der Waals surface area (Å²) in [4.78, 5) is 38.1. The van der Waals surface area contributed by atoms with Crippen LogP contribution in [0.15, 0.2) is 53.3 Å². The number of fused-ring (bicyclic) bond motifs is 1. The first-order valence-corrected chi connectivity index (χ1v) is 9.48. The summed E-state index contributed by atoms with van der Waals surface area (Å²) in [6, 6.07) is 12.8. The van der Waals surface area contributed by atoms with Gasteiger partial charge < -0.3 is 9.64 Å². The molecule has 156 valence electrons. The van der Waals surface area contributed by atoms with Crippen LogP contribution in [0.2, 0.25) is 0 Å². The Morgan fingerprint density at radius 2 is 1.97 bits per heavy atom. The van der Waals surface area contributed by atoms with Gasteiger partial charge in [0.1, 0.15) is 11.3 Å². The number of amides is 1. The van der Waals surface area contributed by atoms with E-state index in [1.54, 1.807) is 43.3 Å². The maximum absolute atomic E-state index is 13.3. The average molecular weight is 412 g/mol. The van der Waals surface area contributed by atoms with Crippen molar-refractivity contribution in [3.63, 3.8) is 0 Å². The van der Waals surface area contributed by atoms with Crippen LogP contribution in [0.4, 0.5) is 4.39 Å². The summed E-state index contributed by atoms with van der Waals surface area (Å²) >= 11 is 0. The van der Waals surface area contributed by atoms with Gasteiger partial charge in [0.2, 0.25) is 0 Å². The standard InChI is InChI=1S/C21H21FN4O4/c1-2-25(13-15-6-5-7-16(22)12-15)19(27)14-30-20(28)10-11-26-21(29)17-8-3-4-9-18(17)23-24-26/h3-9,12H,2,10-11,13-14H2,1H3. The summed E-state index contributed by atoms with van der Waals surface area (Å²) in [5.74, 6) is -1.40. The van der Waals surface area contributed by atoms with E-state index in [1.165, 1.54) is 17.0 Å². The predicted octanol–water partition coefficient (Wildman–Crippen LogP) is 1.91. The van der Waals surface area contributed by atoms with Gasteiger partial charge in [-0.1, -0.05) is 29.5 Å². The van der Waals surface area contributed by atoms with Crippen molar-refractivity contribution in [3.05, 3.63) is 70.3 Å². The molecule has 0 bridgehead atoms. The molecule has 0 aliphatic heterocycles. The van der Waals surface area contributed by atoms with Crippen LogP contribution in [-0.4, -0.2) is 44.9 Å². The molecule has 3 rings (SSSR count). The highest BCUT2D eigenvalue weighted by Crippen LogP contribution is 2.08. The third kappa shape index (κ3) is 5.25. The maximum Gasteiger partial charge on any atom is 0.308 e. The molecule has 9 heteroatoms. The van der Waals surface area contributed by atoms with Crippen molar-refractivity contribution < 1.29 is 18.7 Å². The number of nitrogens with zero attached hydrogens (tertiary/aromatic N) is 4. The molecule has 0 fully saturated rings. The number of halogens is 1. The molecule has 0 saturated carbocycles. The van der Waals surface area contributed by atoms with Crippen molar-refractivity contribution in [1.29, 1.82) is 0 Å². The van der Waals surface area contributed by atoms with Crippen LogP contribution in [0.25, 0.3) is 10.9 Å². The molecule has 30 heavy (non-hydrogen) atoms. The van der Waals surface area contributed by atoms with E-state index in [2.05, 4.69) is 10.3 Å². The molecule has 2 aromatic carbocycles. The van der Waals surface area contributed by atoms with Crippen LogP contribution in [0.3, 0.4) is 0 Å². The summed E-state index contributed by atoms with van der Waals surface area (Å²) in [6.07, 6.45) is -0.129. The van der Waals surface area contributed by atoms with E-state index in [-0.39, 0.29) is 30.9 Å². The highest BCUT2D eigenvalue weighted by atomic mass is 19.1. The molecule has 0 aliphatic rings. The Kier molecular flexibility index (Phi) is 6.84. The molecule has 1 heterocycles. The second-order valence-corrected chi connectivity index (χ2v) is 6.58. The number of carbonyl (C=O) groups is 2. The SMILES string of the molecule is CCN(Cc1cccc(F)c1)C(=O)COC(=O)CCn1nnc2ccccc2c1=O. The van der Waals surface area contributed by atoms with Crippen LogP contribution in [-0.2, 0) is 27.4 Å². The fourth-order valence-corrected chi connectivity index (χ4v) is 2.90. The van der Waals surface area contributed by atoms with Gasteiger partial charge in [-0.05, 0) is 36.8 Å². The Labute approximate surface area is 171 Å². The van der Waals surface area contributed by atoms with Crippen molar-refractivity contribution in [1.82, 2.24) is 19.9 Å². The van der Waals surface area contributed by atoms with Gasteiger partial charge in [-0.2, -0.15) is 0 Å². The van der Waals surface area contributed by atoms with Gasteiger partial charge in [-0.25, -0.2) is 9.07 Å². The zero-order valence-electron chi connectivity index (χ0n) is 16.5. The van der Waals surface area contributed by atoms with Crippen molar-refractivity contribution in [3.8, 4) is 0 Å². The van der Waals surface area contributed by atoms with Gasteiger partial charge in [-0.3, -0.25) is 14.4 Å². The van der Waals surface area contributed by atoms with Gasteiger partial charge >= 0.3 is 5.97 Å². The molecule has 8 nitrogen and oxygen atoms in total. The first-order valence-electron chi connectivity index (χ1n) is 9.48. The monoisotopic (exact) mass is 412 g/mol. The number of carbonyl (C=O) groups excluding carboxylic acids is 2. The second-order valence-electron chi connectivity index (χ2n) is 6.58. The Bertz CT molecular complexity index is 1120. The fourth-order valence-electron chi connectivity index (χ4n) is 2.90. The average Bonchev–Trinajstić information content (AvgIpc) is 2.75. The van der Waals surface area contributed by atoms with Gasteiger partial charge in [0.25, 0.3) is 11.5 Å². The van der Waals surface area contributed by atoms with E-state index in [0.717, 1.165) is 4.68 Å². The van der Waals surface area contributed by atoms with Crippen LogP contribution in [0, 0.1) is 5.82 Å². The lowest BCUT2D eigenvalue weighted by molar-refractivity contribution is -0.152. The summed E-state index contributed by atoms with van der Waals surface area (Å²) in [6.45, 7) is 1.94. The minimum absolute atomic E-state index is 0.00945. The molecule has 0 spiro atoms. The molecule has 0 unspecified atom stereocenters. The van der Waals surface area contributed by atoms with E-state index in [4.69, 9.17) is 4.74 Å². The maximum atomic E-state index is 13.3. The highest BCUT2D eigenvalue weighted by Gasteiger charge is 2.15. The largest absolute Gasteiger partial charge is 0.456 e. The molecule has 0 N–H and O–H groups in total. The smallest absolute Gasteiger partial charge is 0.308 e. The number of benzene rings is 2. The summed E-state index contributed by atoms with van der Waals surface area (Å²) < 4.78 is 19.4. The zero-order chi connectivity index (χ0) is 21.5. The molecule has 3 aromatic rings. The summed E-state index contributed by atoms with van der Waals surface area (Å²) in [5.41, 5.74) is 0.771. The molecule has 1 amide bonds. The minimum atomic E-state index is -0.632. The molecular weight excluding hydrogens is 391 g/mol. The van der Waals surface area contributed by atoms with Crippen molar-refractivity contribution in [2.75, 3.05) is 13.2 Å². The van der Waals surface area contributed by atoms with Crippen molar-refractivity contribution in [2.45, 2.75) is 26.4 Å². The second kappa shape index (κ2) is 9.73. The van der Waals surface area contributed by atoms with Gasteiger partial charge in [0, 0.05) is 13.1 Å². The lowest BCUT2D eigenvalue weighted by Crippen LogP contribution is -2.34. The lowest BCUT2D eigenvalue weighted by atomic mass is 10.2. The minimum Gasteiger partial charge on any atom is -0.456 e. The van der Waals surface area contributed by atoms with Crippen LogP contribution in [0.5, 0.6) is 0 Å². The number of rotatable bonds is 8. The number of aryl methyl sites for hydroxylation is 1. The third-order valence-corrected chi connectivity index (χ3v) is 4.51.